The highest BCUT2D eigenvalue weighted by atomic mass is 28.4. The molecule has 0 radical (unpaired) electrons. The van der Waals surface area contributed by atoms with Gasteiger partial charge in [-0.3, -0.25) is 4.79 Å². The van der Waals surface area contributed by atoms with Crippen molar-refractivity contribution < 1.29 is 14.4 Å². The van der Waals surface area contributed by atoms with E-state index in [0.29, 0.717) is 19.6 Å². The zero-order valence-electron chi connectivity index (χ0n) is 18.4. The molecule has 3 rings (SSSR count). The summed E-state index contributed by atoms with van der Waals surface area (Å²) in [5, 5.41) is 12.5. The van der Waals surface area contributed by atoms with Crippen molar-refractivity contribution in [1.82, 2.24) is 4.90 Å². The van der Waals surface area contributed by atoms with E-state index >= 15 is 0 Å². The van der Waals surface area contributed by atoms with Crippen LogP contribution in [0.2, 0.25) is 18.1 Å². The predicted octanol–water partition coefficient (Wildman–Crippen LogP) is 3.61. The molecule has 160 valence electrons. The monoisotopic (exact) mass is 417 g/mol. The van der Waals surface area contributed by atoms with Gasteiger partial charge in [0.15, 0.2) is 14.2 Å². The standard InChI is InChI=1S/C22H35N3O3Si/c1-21(2,3)29(4,5)28-14-13-25-15-22(12-10-19(25)26)11-9-16-17(20(23)24-27)7-6-8-18(16)22/h6-8,27H,9-15H2,1-5H3,(H2,23,24). The van der Waals surface area contributed by atoms with E-state index in [2.05, 4.69) is 45.1 Å². The van der Waals surface area contributed by atoms with Crippen LogP contribution in [0.15, 0.2) is 23.4 Å². The van der Waals surface area contributed by atoms with Crippen LogP contribution in [-0.4, -0.2) is 49.9 Å². The minimum Gasteiger partial charge on any atom is -0.415 e. The highest BCUT2D eigenvalue weighted by Gasteiger charge is 2.45. The molecule has 1 aliphatic carbocycles. The van der Waals surface area contributed by atoms with E-state index in [1.807, 2.05) is 17.0 Å². The molecule has 1 aliphatic heterocycles. The van der Waals surface area contributed by atoms with Crippen LogP contribution in [-0.2, 0) is 21.1 Å². The number of fused-ring (bicyclic) bond motifs is 2. The molecule has 1 spiro atoms. The van der Waals surface area contributed by atoms with Gasteiger partial charge in [-0.1, -0.05) is 44.1 Å². The third kappa shape index (κ3) is 4.07. The summed E-state index contributed by atoms with van der Waals surface area (Å²) in [6.45, 7) is 13.1. The number of oxime groups is 1. The smallest absolute Gasteiger partial charge is 0.222 e. The Morgan fingerprint density at radius 2 is 2.00 bits per heavy atom. The van der Waals surface area contributed by atoms with E-state index in [9.17, 15) is 4.79 Å². The van der Waals surface area contributed by atoms with Crippen molar-refractivity contribution in [2.24, 2.45) is 10.9 Å². The molecule has 0 saturated carbocycles. The van der Waals surface area contributed by atoms with Crippen LogP contribution in [0.25, 0.3) is 0 Å². The van der Waals surface area contributed by atoms with Gasteiger partial charge < -0.3 is 20.3 Å². The lowest BCUT2D eigenvalue weighted by Crippen LogP contribution is -2.50. The van der Waals surface area contributed by atoms with E-state index in [-0.39, 0.29) is 22.2 Å². The molecule has 1 saturated heterocycles. The van der Waals surface area contributed by atoms with Gasteiger partial charge in [-0.15, -0.1) is 0 Å². The van der Waals surface area contributed by atoms with Crippen molar-refractivity contribution in [1.29, 1.82) is 0 Å². The first-order valence-electron chi connectivity index (χ1n) is 10.5. The maximum absolute atomic E-state index is 12.6. The molecule has 1 aromatic rings. The van der Waals surface area contributed by atoms with Crippen molar-refractivity contribution in [3.63, 3.8) is 0 Å². The molecule has 0 bridgehead atoms. The molecule has 6 nitrogen and oxygen atoms in total. The van der Waals surface area contributed by atoms with Gasteiger partial charge in [0.1, 0.15) is 0 Å². The van der Waals surface area contributed by atoms with Gasteiger partial charge in [0.05, 0.1) is 6.61 Å². The predicted molar refractivity (Wildman–Crippen MR) is 118 cm³/mol. The number of rotatable bonds is 5. The van der Waals surface area contributed by atoms with Crippen LogP contribution in [0.5, 0.6) is 0 Å². The molecule has 1 heterocycles. The average molecular weight is 418 g/mol. The fourth-order valence-corrected chi connectivity index (χ4v) is 5.47. The molecule has 2 aliphatic rings. The van der Waals surface area contributed by atoms with E-state index in [1.165, 1.54) is 5.56 Å². The number of piperidine rings is 1. The molecule has 0 aromatic heterocycles. The second-order valence-corrected chi connectivity index (χ2v) is 14.8. The summed E-state index contributed by atoms with van der Waals surface area (Å²) >= 11 is 0. The summed E-state index contributed by atoms with van der Waals surface area (Å²) in [6, 6.07) is 6.03. The summed E-state index contributed by atoms with van der Waals surface area (Å²) < 4.78 is 6.32. The number of carbonyl (C=O) groups is 1. The Morgan fingerprint density at radius 3 is 2.66 bits per heavy atom. The normalized spacial score (nSPS) is 23.0. The number of hydrogen-bond acceptors (Lipinski definition) is 4. The Kier molecular flexibility index (Phi) is 5.84. The Morgan fingerprint density at radius 1 is 1.31 bits per heavy atom. The van der Waals surface area contributed by atoms with E-state index < -0.39 is 8.32 Å². The number of carbonyl (C=O) groups excluding carboxylic acids is 1. The molecule has 3 N–H and O–H groups in total. The topological polar surface area (TPSA) is 88.2 Å². The summed E-state index contributed by atoms with van der Waals surface area (Å²) in [5.74, 6) is 0.376. The van der Waals surface area contributed by atoms with Gasteiger partial charge in [-0.05, 0) is 48.5 Å². The lowest BCUT2D eigenvalue weighted by Gasteiger charge is -2.42. The van der Waals surface area contributed by atoms with Gasteiger partial charge in [-0.25, -0.2) is 0 Å². The second kappa shape index (κ2) is 7.76. The lowest BCUT2D eigenvalue weighted by molar-refractivity contribution is -0.136. The van der Waals surface area contributed by atoms with Crippen molar-refractivity contribution in [3.8, 4) is 0 Å². The Hall–Kier alpha value is -1.86. The zero-order valence-corrected chi connectivity index (χ0v) is 19.4. The van der Waals surface area contributed by atoms with Gasteiger partial charge in [-0.2, -0.15) is 0 Å². The first-order chi connectivity index (χ1) is 13.5. The van der Waals surface area contributed by atoms with Gasteiger partial charge >= 0.3 is 0 Å². The van der Waals surface area contributed by atoms with Crippen molar-refractivity contribution >= 4 is 20.1 Å². The minimum absolute atomic E-state index is 0.0358. The lowest BCUT2D eigenvalue weighted by atomic mass is 9.74. The number of hydrogen-bond donors (Lipinski definition) is 2. The maximum atomic E-state index is 12.6. The zero-order chi connectivity index (χ0) is 21.4. The molecule has 7 heteroatoms. The SMILES string of the molecule is CC(C)(C)[Si](C)(C)OCCN1CC2(CCC1=O)CCc1c(C(N)=NO)cccc12. The van der Waals surface area contributed by atoms with Crippen LogP contribution in [0, 0.1) is 0 Å². The third-order valence-corrected chi connectivity index (χ3v) is 11.8. The van der Waals surface area contributed by atoms with Crippen LogP contribution in [0.1, 0.15) is 56.7 Å². The highest BCUT2D eigenvalue weighted by molar-refractivity contribution is 6.74. The third-order valence-electron chi connectivity index (χ3n) is 7.28. The summed E-state index contributed by atoms with van der Waals surface area (Å²) in [7, 11) is -1.82. The first-order valence-corrected chi connectivity index (χ1v) is 13.4. The van der Waals surface area contributed by atoms with E-state index in [0.717, 1.165) is 36.9 Å². The quantitative estimate of drug-likeness (QED) is 0.252. The molecule has 1 atom stereocenters. The van der Waals surface area contributed by atoms with Gasteiger partial charge in [0.25, 0.3) is 0 Å². The summed E-state index contributed by atoms with van der Waals surface area (Å²) in [6.07, 6.45) is 3.31. The molecule has 1 unspecified atom stereocenters. The number of nitrogens with zero attached hydrogens (tertiary/aromatic N) is 2. The molecule has 1 amide bonds. The van der Waals surface area contributed by atoms with Crippen LogP contribution in [0.4, 0.5) is 0 Å². The molecular formula is C22H35N3O3Si. The van der Waals surface area contributed by atoms with Gasteiger partial charge in [0, 0.05) is 30.5 Å². The summed E-state index contributed by atoms with van der Waals surface area (Å²) in [5.41, 5.74) is 9.09. The molecular weight excluding hydrogens is 382 g/mol. The van der Waals surface area contributed by atoms with Crippen LogP contribution >= 0.6 is 0 Å². The number of likely N-dealkylation sites (tertiary alicyclic amines) is 1. The van der Waals surface area contributed by atoms with Crippen molar-refractivity contribution in [3.05, 3.63) is 34.9 Å². The van der Waals surface area contributed by atoms with E-state index in [4.69, 9.17) is 15.4 Å². The second-order valence-electron chi connectivity index (χ2n) is 10.0. The largest absolute Gasteiger partial charge is 0.415 e. The fraction of sp³-hybridized carbons (Fsp3) is 0.636. The van der Waals surface area contributed by atoms with Gasteiger partial charge in [0.2, 0.25) is 5.91 Å². The van der Waals surface area contributed by atoms with Crippen LogP contribution < -0.4 is 5.73 Å². The Labute approximate surface area is 175 Å². The number of amidine groups is 1. The first kappa shape index (κ1) is 21.8. The number of amides is 1. The van der Waals surface area contributed by atoms with Crippen molar-refractivity contribution in [2.45, 2.75) is 70.0 Å². The molecule has 29 heavy (non-hydrogen) atoms. The average Bonchev–Trinajstić information content (AvgIpc) is 3.01. The number of nitrogens with two attached hydrogens (primary N) is 1. The molecule has 1 fully saturated rings. The minimum atomic E-state index is -1.82. The fourth-order valence-electron chi connectivity index (χ4n) is 4.44. The van der Waals surface area contributed by atoms with E-state index in [1.54, 1.807) is 0 Å². The number of benzene rings is 1. The Balaban J connectivity index is 1.76. The summed E-state index contributed by atoms with van der Waals surface area (Å²) in [4.78, 5) is 14.6. The van der Waals surface area contributed by atoms with Crippen LogP contribution in [0.3, 0.4) is 0 Å². The highest BCUT2D eigenvalue weighted by Crippen LogP contribution is 2.46. The Bertz CT molecular complexity index is 816. The molecule has 1 aromatic carbocycles. The maximum Gasteiger partial charge on any atom is 0.222 e. The van der Waals surface area contributed by atoms with Crippen molar-refractivity contribution in [2.75, 3.05) is 19.7 Å².